The molecule has 1 aliphatic carbocycles. The van der Waals surface area contributed by atoms with Crippen LogP contribution in [0.1, 0.15) is 51.8 Å². The van der Waals surface area contributed by atoms with E-state index in [0.717, 1.165) is 30.0 Å². The second-order valence-corrected chi connectivity index (χ2v) is 5.91. The molecule has 0 atom stereocenters. The number of ether oxygens (including phenoxy) is 1. The van der Waals surface area contributed by atoms with Gasteiger partial charge in [-0.25, -0.2) is 4.98 Å². The molecular weight excluding hydrogens is 250 g/mol. The van der Waals surface area contributed by atoms with Gasteiger partial charge in [-0.05, 0) is 32.1 Å². The number of nitrogens with zero attached hydrogens (tertiary/aromatic N) is 2. The van der Waals surface area contributed by atoms with Crippen LogP contribution in [-0.2, 0) is 0 Å². The van der Waals surface area contributed by atoms with Gasteiger partial charge < -0.3 is 10.1 Å². The highest BCUT2D eigenvalue weighted by Gasteiger charge is 2.17. The summed E-state index contributed by atoms with van der Waals surface area (Å²) in [5, 5.41) is 3.41. The van der Waals surface area contributed by atoms with Gasteiger partial charge in [-0.1, -0.05) is 32.6 Å². The van der Waals surface area contributed by atoms with Crippen molar-refractivity contribution in [3.63, 3.8) is 0 Å². The lowest BCUT2D eigenvalue weighted by molar-refractivity contribution is 0.282. The zero-order valence-corrected chi connectivity index (χ0v) is 13.0. The lowest BCUT2D eigenvalue weighted by Crippen LogP contribution is -2.16. The molecule has 4 nitrogen and oxygen atoms in total. The second-order valence-electron chi connectivity index (χ2n) is 5.91. The Morgan fingerprint density at radius 3 is 2.70 bits per heavy atom. The van der Waals surface area contributed by atoms with Crippen molar-refractivity contribution in [2.75, 3.05) is 18.5 Å². The van der Waals surface area contributed by atoms with E-state index in [1.807, 2.05) is 19.9 Å². The Labute approximate surface area is 122 Å². The molecule has 0 radical (unpaired) electrons. The summed E-state index contributed by atoms with van der Waals surface area (Å²) in [5.41, 5.74) is 0. The Kier molecular flexibility index (Phi) is 5.62. The van der Waals surface area contributed by atoms with Crippen LogP contribution in [0.5, 0.6) is 5.88 Å². The summed E-state index contributed by atoms with van der Waals surface area (Å²) in [6.45, 7) is 7.86. The van der Waals surface area contributed by atoms with Gasteiger partial charge in [-0.2, -0.15) is 4.98 Å². The van der Waals surface area contributed by atoms with Crippen molar-refractivity contribution in [3.8, 4) is 5.88 Å². The monoisotopic (exact) mass is 277 g/mol. The third-order valence-electron chi connectivity index (χ3n) is 4.10. The third-order valence-corrected chi connectivity index (χ3v) is 4.10. The Balaban J connectivity index is 1.78. The lowest BCUT2D eigenvalue weighted by Gasteiger charge is -2.26. The summed E-state index contributed by atoms with van der Waals surface area (Å²) in [6.07, 6.45) is 6.79. The quantitative estimate of drug-likeness (QED) is 0.859. The molecule has 1 heterocycles. The molecule has 0 saturated heterocycles. The van der Waals surface area contributed by atoms with Gasteiger partial charge in [0, 0.05) is 12.6 Å². The van der Waals surface area contributed by atoms with E-state index in [1.54, 1.807) is 0 Å². The van der Waals surface area contributed by atoms with Gasteiger partial charge in [-0.3, -0.25) is 0 Å². The molecule has 20 heavy (non-hydrogen) atoms. The number of nitrogens with one attached hydrogen (secondary N) is 1. The van der Waals surface area contributed by atoms with Crippen molar-refractivity contribution < 1.29 is 4.74 Å². The van der Waals surface area contributed by atoms with Crippen LogP contribution in [0.2, 0.25) is 0 Å². The van der Waals surface area contributed by atoms with E-state index in [1.165, 1.54) is 32.1 Å². The van der Waals surface area contributed by atoms with E-state index >= 15 is 0 Å². The molecule has 1 aromatic rings. The van der Waals surface area contributed by atoms with Crippen molar-refractivity contribution in [2.24, 2.45) is 11.8 Å². The van der Waals surface area contributed by atoms with Crippen molar-refractivity contribution in [3.05, 3.63) is 11.9 Å². The minimum absolute atomic E-state index is 0.635. The van der Waals surface area contributed by atoms with Crippen LogP contribution in [0, 0.1) is 18.8 Å². The maximum atomic E-state index is 5.44. The molecule has 4 heteroatoms. The maximum absolute atomic E-state index is 5.44. The Hall–Kier alpha value is -1.32. The van der Waals surface area contributed by atoms with Crippen LogP contribution in [0.4, 0.5) is 5.82 Å². The summed E-state index contributed by atoms with van der Waals surface area (Å²) in [6, 6.07) is 1.89. The number of hydrogen-bond donors (Lipinski definition) is 1. The van der Waals surface area contributed by atoms with Crippen LogP contribution in [0.25, 0.3) is 0 Å². The standard InChI is InChI=1S/C16H27N3O/c1-4-20-16-11-15(18-13(3)19-16)17-10-9-14-7-5-12(2)6-8-14/h11-12,14H,4-10H2,1-3H3,(H,17,18,19). The molecule has 1 aromatic heterocycles. The lowest BCUT2D eigenvalue weighted by atomic mass is 9.81. The molecule has 0 unspecified atom stereocenters. The SMILES string of the molecule is CCOc1cc(NCCC2CCC(C)CC2)nc(C)n1. The van der Waals surface area contributed by atoms with E-state index in [2.05, 4.69) is 22.2 Å². The van der Waals surface area contributed by atoms with Gasteiger partial charge in [0.05, 0.1) is 6.61 Å². The molecular formula is C16H27N3O. The summed E-state index contributed by atoms with van der Waals surface area (Å²) in [7, 11) is 0. The number of anilines is 1. The smallest absolute Gasteiger partial charge is 0.218 e. The first kappa shape index (κ1) is 15.1. The molecule has 0 aliphatic heterocycles. The minimum Gasteiger partial charge on any atom is -0.478 e. The second kappa shape index (κ2) is 7.46. The summed E-state index contributed by atoms with van der Waals surface area (Å²) in [5.74, 6) is 4.11. The average Bonchev–Trinajstić information content (AvgIpc) is 2.41. The van der Waals surface area contributed by atoms with Gasteiger partial charge >= 0.3 is 0 Å². The largest absolute Gasteiger partial charge is 0.478 e. The van der Waals surface area contributed by atoms with Crippen LogP contribution >= 0.6 is 0 Å². The van der Waals surface area contributed by atoms with E-state index < -0.39 is 0 Å². The fraction of sp³-hybridized carbons (Fsp3) is 0.750. The van der Waals surface area contributed by atoms with Crippen molar-refractivity contribution in [2.45, 2.75) is 52.9 Å². The fourth-order valence-electron chi connectivity index (χ4n) is 2.87. The summed E-state index contributed by atoms with van der Waals surface area (Å²) < 4.78 is 5.44. The van der Waals surface area contributed by atoms with Crippen molar-refractivity contribution in [1.29, 1.82) is 0 Å². The topological polar surface area (TPSA) is 47.0 Å². The molecule has 1 saturated carbocycles. The first-order valence-electron chi connectivity index (χ1n) is 7.89. The molecule has 1 N–H and O–H groups in total. The summed E-state index contributed by atoms with van der Waals surface area (Å²) >= 11 is 0. The third kappa shape index (κ3) is 4.66. The Bertz CT molecular complexity index is 414. The molecule has 0 amide bonds. The highest BCUT2D eigenvalue weighted by atomic mass is 16.5. The number of aryl methyl sites for hydroxylation is 1. The Morgan fingerprint density at radius 1 is 1.25 bits per heavy atom. The number of aromatic nitrogens is 2. The molecule has 1 fully saturated rings. The van der Waals surface area contributed by atoms with Gasteiger partial charge in [0.2, 0.25) is 5.88 Å². The van der Waals surface area contributed by atoms with E-state index in [9.17, 15) is 0 Å². The minimum atomic E-state index is 0.635. The zero-order chi connectivity index (χ0) is 14.4. The number of hydrogen-bond acceptors (Lipinski definition) is 4. The van der Waals surface area contributed by atoms with Crippen LogP contribution in [-0.4, -0.2) is 23.1 Å². The van der Waals surface area contributed by atoms with Crippen LogP contribution in [0.3, 0.4) is 0 Å². The van der Waals surface area contributed by atoms with Gasteiger partial charge in [-0.15, -0.1) is 0 Å². The summed E-state index contributed by atoms with van der Waals surface area (Å²) in [4.78, 5) is 8.67. The number of rotatable bonds is 6. The van der Waals surface area contributed by atoms with Gasteiger partial charge in [0.15, 0.2) is 0 Å². The highest BCUT2D eigenvalue weighted by Crippen LogP contribution is 2.30. The van der Waals surface area contributed by atoms with Crippen molar-refractivity contribution in [1.82, 2.24) is 9.97 Å². The van der Waals surface area contributed by atoms with E-state index in [4.69, 9.17) is 4.74 Å². The molecule has 112 valence electrons. The molecule has 0 aromatic carbocycles. The predicted molar refractivity (Wildman–Crippen MR) is 82.2 cm³/mol. The first-order chi connectivity index (χ1) is 9.67. The normalized spacial score (nSPS) is 22.6. The molecule has 2 rings (SSSR count). The molecule has 0 spiro atoms. The molecule has 0 bridgehead atoms. The van der Waals surface area contributed by atoms with Gasteiger partial charge in [0.25, 0.3) is 0 Å². The predicted octanol–water partition coefficient (Wildman–Crippen LogP) is 3.81. The first-order valence-corrected chi connectivity index (χ1v) is 7.89. The van der Waals surface area contributed by atoms with Gasteiger partial charge in [0.1, 0.15) is 11.6 Å². The van der Waals surface area contributed by atoms with Crippen LogP contribution < -0.4 is 10.1 Å². The molecule has 1 aliphatic rings. The van der Waals surface area contributed by atoms with E-state index in [0.29, 0.717) is 12.5 Å². The highest BCUT2D eigenvalue weighted by molar-refractivity contribution is 5.38. The maximum Gasteiger partial charge on any atom is 0.218 e. The van der Waals surface area contributed by atoms with Crippen LogP contribution in [0.15, 0.2) is 6.07 Å². The van der Waals surface area contributed by atoms with Crippen molar-refractivity contribution >= 4 is 5.82 Å². The van der Waals surface area contributed by atoms with E-state index in [-0.39, 0.29) is 0 Å². The zero-order valence-electron chi connectivity index (χ0n) is 13.0. The average molecular weight is 277 g/mol. The Morgan fingerprint density at radius 2 is 2.00 bits per heavy atom. The fourth-order valence-corrected chi connectivity index (χ4v) is 2.87.